The molecule has 0 aromatic heterocycles. The van der Waals surface area contributed by atoms with Crippen LogP contribution in [0, 0.1) is 5.92 Å². The average molecular weight is 249 g/mol. The molecule has 0 radical (unpaired) electrons. The number of nitrogens with one attached hydrogen (secondary N) is 1. The Bertz CT molecular complexity index is 414. The van der Waals surface area contributed by atoms with Gasteiger partial charge in [-0.15, -0.1) is 0 Å². The zero-order valence-electron chi connectivity index (χ0n) is 11.4. The van der Waals surface area contributed by atoms with Crippen molar-refractivity contribution < 1.29 is 4.79 Å². The minimum atomic E-state index is -0.132. The molecule has 1 unspecified atom stereocenters. The number of nitrogen functional groups attached to an aromatic ring is 2. The van der Waals surface area contributed by atoms with Crippen molar-refractivity contribution in [1.29, 1.82) is 0 Å². The van der Waals surface area contributed by atoms with Gasteiger partial charge >= 0.3 is 0 Å². The molecule has 0 aliphatic carbocycles. The van der Waals surface area contributed by atoms with Crippen LogP contribution in [-0.2, 0) is 0 Å². The Morgan fingerprint density at radius 3 is 2.39 bits per heavy atom. The zero-order chi connectivity index (χ0) is 13.7. The summed E-state index contributed by atoms with van der Waals surface area (Å²) in [5, 5.41) is 3.00. The summed E-state index contributed by atoms with van der Waals surface area (Å²) in [5.74, 6) is 0.357. The highest BCUT2D eigenvalue weighted by atomic mass is 16.1. The third-order valence-electron chi connectivity index (χ3n) is 3.43. The molecule has 0 saturated heterocycles. The Labute approximate surface area is 109 Å². The number of carbonyl (C=O) groups is 1. The first-order valence-electron chi connectivity index (χ1n) is 6.45. The molecule has 100 valence electrons. The Hall–Kier alpha value is -1.71. The van der Waals surface area contributed by atoms with E-state index in [-0.39, 0.29) is 11.9 Å². The molecule has 1 aromatic carbocycles. The van der Waals surface area contributed by atoms with E-state index in [2.05, 4.69) is 19.2 Å². The van der Waals surface area contributed by atoms with Crippen molar-refractivity contribution in [1.82, 2.24) is 5.32 Å². The van der Waals surface area contributed by atoms with Crippen LogP contribution >= 0.6 is 0 Å². The van der Waals surface area contributed by atoms with E-state index >= 15 is 0 Å². The van der Waals surface area contributed by atoms with Crippen LogP contribution < -0.4 is 16.8 Å². The molecule has 0 spiro atoms. The Morgan fingerprint density at radius 1 is 1.28 bits per heavy atom. The summed E-state index contributed by atoms with van der Waals surface area (Å²) in [5.41, 5.74) is 12.9. The van der Waals surface area contributed by atoms with Crippen molar-refractivity contribution in [3.63, 3.8) is 0 Å². The van der Waals surface area contributed by atoms with Gasteiger partial charge in [-0.25, -0.2) is 0 Å². The number of amides is 1. The van der Waals surface area contributed by atoms with Crippen molar-refractivity contribution in [3.8, 4) is 0 Å². The highest BCUT2D eigenvalue weighted by Gasteiger charge is 2.17. The molecule has 1 aromatic rings. The van der Waals surface area contributed by atoms with Gasteiger partial charge in [0, 0.05) is 17.4 Å². The summed E-state index contributed by atoms with van der Waals surface area (Å²) >= 11 is 0. The quantitative estimate of drug-likeness (QED) is 0.701. The number of hydrogen-bond acceptors (Lipinski definition) is 3. The molecule has 0 aliphatic heterocycles. The lowest BCUT2D eigenvalue weighted by Crippen LogP contribution is -2.38. The van der Waals surface area contributed by atoms with Crippen LogP contribution in [0.5, 0.6) is 0 Å². The first-order valence-corrected chi connectivity index (χ1v) is 6.45. The number of benzene rings is 1. The molecular formula is C14H23N3O. The molecule has 18 heavy (non-hydrogen) atoms. The van der Waals surface area contributed by atoms with Crippen LogP contribution in [0.15, 0.2) is 18.2 Å². The summed E-state index contributed by atoms with van der Waals surface area (Å²) in [4.78, 5) is 12.1. The first-order chi connectivity index (χ1) is 8.49. The van der Waals surface area contributed by atoms with Crippen LogP contribution in [0.4, 0.5) is 11.4 Å². The molecular weight excluding hydrogens is 226 g/mol. The van der Waals surface area contributed by atoms with Gasteiger partial charge in [0.05, 0.1) is 5.56 Å². The van der Waals surface area contributed by atoms with Crippen molar-refractivity contribution in [2.24, 2.45) is 5.92 Å². The second kappa shape index (κ2) is 6.28. The highest BCUT2D eigenvalue weighted by Crippen LogP contribution is 2.17. The summed E-state index contributed by atoms with van der Waals surface area (Å²) in [7, 11) is 0. The van der Waals surface area contributed by atoms with Gasteiger partial charge in [-0.3, -0.25) is 4.79 Å². The lowest BCUT2D eigenvalue weighted by molar-refractivity contribution is 0.0926. The molecule has 1 rings (SSSR count). The lowest BCUT2D eigenvalue weighted by Gasteiger charge is -2.22. The smallest absolute Gasteiger partial charge is 0.253 e. The summed E-state index contributed by atoms with van der Waals surface area (Å²) in [6.45, 7) is 6.30. The van der Waals surface area contributed by atoms with Gasteiger partial charge in [-0.05, 0) is 31.0 Å². The van der Waals surface area contributed by atoms with E-state index in [1.54, 1.807) is 18.2 Å². The highest BCUT2D eigenvalue weighted by molar-refractivity contribution is 5.99. The van der Waals surface area contributed by atoms with Gasteiger partial charge in [0.2, 0.25) is 0 Å². The molecule has 4 nitrogen and oxygen atoms in total. The normalized spacial score (nSPS) is 12.4. The van der Waals surface area contributed by atoms with Crippen LogP contribution in [0.3, 0.4) is 0 Å². The van der Waals surface area contributed by atoms with E-state index in [0.29, 0.717) is 22.9 Å². The van der Waals surface area contributed by atoms with Gasteiger partial charge in [-0.1, -0.05) is 26.7 Å². The first kappa shape index (κ1) is 14.4. The second-order valence-corrected chi connectivity index (χ2v) is 4.69. The maximum atomic E-state index is 12.1. The van der Waals surface area contributed by atoms with Gasteiger partial charge < -0.3 is 16.8 Å². The topological polar surface area (TPSA) is 81.1 Å². The van der Waals surface area contributed by atoms with Crippen LogP contribution in [-0.4, -0.2) is 11.9 Å². The molecule has 5 N–H and O–H groups in total. The second-order valence-electron chi connectivity index (χ2n) is 4.69. The van der Waals surface area contributed by atoms with Crippen molar-refractivity contribution in [2.45, 2.75) is 39.7 Å². The minimum absolute atomic E-state index is 0.132. The Balaban J connectivity index is 2.76. The largest absolute Gasteiger partial charge is 0.399 e. The molecule has 0 bridgehead atoms. The summed E-state index contributed by atoms with van der Waals surface area (Å²) in [6.07, 6.45) is 2.10. The fraction of sp³-hybridized carbons (Fsp3) is 0.500. The Kier molecular flexibility index (Phi) is 5.01. The van der Waals surface area contributed by atoms with Gasteiger partial charge in [0.25, 0.3) is 5.91 Å². The third-order valence-corrected chi connectivity index (χ3v) is 3.43. The number of carbonyl (C=O) groups excluding carboxylic acids is 1. The van der Waals surface area contributed by atoms with Gasteiger partial charge in [0.15, 0.2) is 0 Å². The minimum Gasteiger partial charge on any atom is -0.399 e. The molecule has 0 heterocycles. The van der Waals surface area contributed by atoms with Crippen LogP contribution in [0.2, 0.25) is 0 Å². The number of nitrogens with two attached hydrogens (primary N) is 2. The average Bonchev–Trinajstić information content (AvgIpc) is 2.30. The maximum absolute atomic E-state index is 12.1. The standard InChI is InChI=1S/C14H23N3O/c1-4-10(5-2)9(3)17-14(18)12-7-6-11(15)8-13(12)16/h6-10H,4-5,15-16H2,1-3H3,(H,17,18). The fourth-order valence-electron chi connectivity index (χ4n) is 2.19. The van der Waals surface area contributed by atoms with Gasteiger partial charge in [0.1, 0.15) is 0 Å². The molecule has 1 atom stereocenters. The van der Waals surface area contributed by atoms with E-state index < -0.39 is 0 Å². The number of anilines is 2. The van der Waals surface area contributed by atoms with E-state index in [1.165, 1.54) is 0 Å². The van der Waals surface area contributed by atoms with Crippen molar-refractivity contribution in [3.05, 3.63) is 23.8 Å². The maximum Gasteiger partial charge on any atom is 0.253 e. The molecule has 0 fully saturated rings. The molecule has 0 aliphatic rings. The predicted octanol–water partition coefficient (Wildman–Crippen LogP) is 2.41. The summed E-state index contributed by atoms with van der Waals surface area (Å²) in [6, 6.07) is 5.10. The number of hydrogen-bond donors (Lipinski definition) is 3. The van der Waals surface area contributed by atoms with E-state index in [4.69, 9.17) is 11.5 Å². The molecule has 1 amide bonds. The fourth-order valence-corrected chi connectivity index (χ4v) is 2.19. The molecule has 0 saturated carbocycles. The van der Waals surface area contributed by atoms with Crippen molar-refractivity contribution >= 4 is 17.3 Å². The summed E-state index contributed by atoms with van der Waals surface area (Å²) < 4.78 is 0. The Morgan fingerprint density at radius 2 is 1.89 bits per heavy atom. The predicted molar refractivity (Wildman–Crippen MR) is 76.3 cm³/mol. The van der Waals surface area contributed by atoms with Crippen molar-refractivity contribution in [2.75, 3.05) is 11.5 Å². The zero-order valence-corrected chi connectivity index (χ0v) is 11.4. The number of rotatable bonds is 5. The lowest BCUT2D eigenvalue weighted by atomic mass is 9.95. The monoisotopic (exact) mass is 249 g/mol. The van der Waals surface area contributed by atoms with E-state index in [1.807, 2.05) is 6.92 Å². The van der Waals surface area contributed by atoms with E-state index in [9.17, 15) is 4.79 Å². The van der Waals surface area contributed by atoms with Crippen LogP contribution in [0.25, 0.3) is 0 Å². The van der Waals surface area contributed by atoms with Gasteiger partial charge in [-0.2, -0.15) is 0 Å². The van der Waals surface area contributed by atoms with E-state index in [0.717, 1.165) is 12.8 Å². The SMILES string of the molecule is CCC(CC)C(C)NC(=O)c1ccc(N)cc1N. The van der Waals surface area contributed by atoms with Crippen LogP contribution in [0.1, 0.15) is 44.0 Å². The third kappa shape index (κ3) is 3.39. The molecule has 4 heteroatoms.